The number of rotatable bonds is 5. The summed E-state index contributed by atoms with van der Waals surface area (Å²) in [6, 6.07) is 6.46. The monoisotopic (exact) mass is 293 g/mol. The minimum atomic E-state index is -1.17. The molecule has 0 aliphatic heterocycles. The van der Waals surface area contributed by atoms with Crippen LogP contribution in [0.1, 0.15) is 26.7 Å². The third-order valence-corrected chi connectivity index (χ3v) is 2.71. The number of hydrogen-bond donors (Lipinski definition) is 2. The molecule has 2 rings (SSSR count). The summed E-state index contributed by atoms with van der Waals surface area (Å²) in [6.07, 6.45) is 0. The number of benzene rings is 1. The number of carbonyl (C=O) groups is 2. The summed E-state index contributed by atoms with van der Waals surface area (Å²) in [5, 5.41) is 11.6. The molecule has 2 N–H and O–H groups in total. The van der Waals surface area contributed by atoms with E-state index in [1.807, 2.05) is 0 Å². The Hall–Kier alpha value is -2.83. The number of methoxy groups -OCH3 is 1. The molecule has 0 bridgehead atoms. The highest BCUT2D eigenvalue weighted by Gasteiger charge is 2.14. The molecule has 0 aliphatic carbocycles. The van der Waals surface area contributed by atoms with Crippen LogP contribution in [0.15, 0.2) is 34.7 Å². The van der Waals surface area contributed by atoms with Gasteiger partial charge >= 0.3 is 11.9 Å². The van der Waals surface area contributed by atoms with Crippen molar-refractivity contribution < 1.29 is 28.2 Å². The second-order valence-corrected chi connectivity index (χ2v) is 4.11. The van der Waals surface area contributed by atoms with Gasteiger partial charge in [-0.1, -0.05) is 0 Å². The van der Waals surface area contributed by atoms with E-state index in [1.165, 1.54) is 31.4 Å². The van der Waals surface area contributed by atoms with Gasteiger partial charge in [-0.05, 0) is 30.3 Å². The molecule has 2 aromatic rings. The number of ether oxygens (including phenoxy) is 1. The molecule has 6 nitrogen and oxygen atoms in total. The van der Waals surface area contributed by atoms with Gasteiger partial charge in [0.2, 0.25) is 5.76 Å². The Morgan fingerprint density at radius 3 is 2.71 bits per heavy atom. The fourth-order valence-electron chi connectivity index (χ4n) is 1.72. The minimum absolute atomic E-state index is 0.0440. The zero-order valence-corrected chi connectivity index (χ0v) is 11.1. The van der Waals surface area contributed by atoms with Gasteiger partial charge in [-0.25, -0.2) is 14.0 Å². The maximum absolute atomic E-state index is 13.2. The van der Waals surface area contributed by atoms with E-state index in [2.05, 4.69) is 10.1 Å². The van der Waals surface area contributed by atoms with E-state index in [4.69, 9.17) is 9.52 Å². The van der Waals surface area contributed by atoms with Crippen LogP contribution >= 0.6 is 0 Å². The molecule has 0 saturated carbocycles. The van der Waals surface area contributed by atoms with Crippen LogP contribution in [0.4, 0.5) is 10.1 Å². The normalized spacial score (nSPS) is 10.2. The Morgan fingerprint density at radius 2 is 2.10 bits per heavy atom. The summed E-state index contributed by atoms with van der Waals surface area (Å²) < 4.78 is 22.8. The standard InChI is InChI=1S/C14H12FNO5/c1-20-14(19)10-6-8(15)2-4-11(10)16-7-9-3-5-12(21-9)13(17)18/h2-6,16H,7H2,1H3,(H,17,18). The van der Waals surface area contributed by atoms with E-state index in [0.717, 1.165) is 6.07 Å². The van der Waals surface area contributed by atoms with Gasteiger partial charge in [-0.15, -0.1) is 0 Å². The highest BCUT2D eigenvalue weighted by molar-refractivity contribution is 5.95. The Labute approximate surface area is 119 Å². The van der Waals surface area contributed by atoms with Gasteiger partial charge in [0.15, 0.2) is 0 Å². The minimum Gasteiger partial charge on any atom is -0.475 e. The number of aromatic carboxylic acids is 1. The highest BCUT2D eigenvalue weighted by atomic mass is 19.1. The maximum atomic E-state index is 13.2. The van der Waals surface area contributed by atoms with Gasteiger partial charge < -0.3 is 19.6 Å². The number of carboxylic acid groups (broad SMARTS) is 1. The Morgan fingerprint density at radius 1 is 1.33 bits per heavy atom. The van der Waals surface area contributed by atoms with Crippen molar-refractivity contribution in [3.8, 4) is 0 Å². The summed E-state index contributed by atoms with van der Waals surface area (Å²) in [7, 11) is 1.20. The molecule has 0 amide bonds. The average molecular weight is 293 g/mol. The van der Waals surface area contributed by atoms with Gasteiger partial charge in [0, 0.05) is 5.69 Å². The van der Waals surface area contributed by atoms with Crippen molar-refractivity contribution in [2.75, 3.05) is 12.4 Å². The predicted octanol–water partition coefficient (Wildman–Crippen LogP) is 2.52. The van der Waals surface area contributed by atoms with E-state index < -0.39 is 17.8 Å². The Balaban J connectivity index is 2.15. The quantitative estimate of drug-likeness (QED) is 0.823. The molecular weight excluding hydrogens is 281 g/mol. The second kappa shape index (κ2) is 6.08. The van der Waals surface area contributed by atoms with Crippen LogP contribution in [-0.2, 0) is 11.3 Å². The van der Waals surface area contributed by atoms with Crippen LogP contribution in [0.2, 0.25) is 0 Å². The van der Waals surface area contributed by atoms with Gasteiger partial charge in [0.1, 0.15) is 11.6 Å². The third kappa shape index (κ3) is 3.38. The molecule has 0 unspecified atom stereocenters. The topological polar surface area (TPSA) is 88.8 Å². The maximum Gasteiger partial charge on any atom is 0.371 e. The Bertz CT molecular complexity index is 680. The van der Waals surface area contributed by atoms with Crippen molar-refractivity contribution in [1.82, 2.24) is 0 Å². The van der Waals surface area contributed by atoms with Crippen LogP contribution in [0.25, 0.3) is 0 Å². The smallest absolute Gasteiger partial charge is 0.371 e. The lowest BCUT2D eigenvalue weighted by Crippen LogP contribution is -2.08. The molecular formula is C14H12FNO5. The third-order valence-electron chi connectivity index (χ3n) is 2.71. The van der Waals surface area contributed by atoms with Gasteiger partial charge in [0.25, 0.3) is 0 Å². The first-order valence-corrected chi connectivity index (χ1v) is 5.95. The van der Waals surface area contributed by atoms with Crippen LogP contribution in [-0.4, -0.2) is 24.2 Å². The van der Waals surface area contributed by atoms with Crippen molar-refractivity contribution in [3.05, 3.63) is 53.2 Å². The molecule has 1 aromatic carbocycles. The second-order valence-electron chi connectivity index (χ2n) is 4.11. The predicted molar refractivity (Wildman–Crippen MR) is 70.7 cm³/mol. The molecule has 0 atom stereocenters. The molecule has 110 valence electrons. The fourth-order valence-corrected chi connectivity index (χ4v) is 1.72. The van der Waals surface area contributed by atoms with E-state index in [1.54, 1.807) is 0 Å². The van der Waals surface area contributed by atoms with Gasteiger partial charge in [0.05, 0.1) is 19.2 Å². The number of carboxylic acids is 1. The number of nitrogens with one attached hydrogen (secondary N) is 1. The first-order chi connectivity index (χ1) is 10.0. The number of hydrogen-bond acceptors (Lipinski definition) is 5. The van der Waals surface area contributed by atoms with Gasteiger partial charge in [-0.3, -0.25) is 0 Å². The van der Waals surface area contributed by atoms with E-state index in [-0.39, 0.29) is 17.9 Å². The number of halogens is 1. The number of anilines is 1. The average Bonchev–Trinajstić information content (AvgIpc) is 2.94. The molecule has 0 radical (unpaired) electrons. The fraction of sp³-hybridized carbons (Fsp3) is 0.143. The van der Waals surface area contributed by atoms with E-state index in [0.29, 0.717) is 11.4 Å². The number of furan rings is 1. The first kappa shape index (κ1) is 14.6. The van der Waals surface area contributed by atoms with Crippen molar-refractivity contribution in [2.45, 2.75) is 6.54 Å². The Kier molecular flexibility index (Phi) is 4.22. The van der Waals surface area contributed by atoms with Gasteiger partial charge in [-0.2, -0.15) is 0 Å². The first-order valence-electron chi connectivity index (χ1n) is 5.95. The lowest BCUT2D eigenvalue weighted by atomic mass is 10.1. The molecule has 0 aliphatic rings. The van der Waals surface area contributed by atoms with Crippen molar-refractivity contribution >= 4 is 17.6 Å². The van der Waals surface area contributed by atoms with Crippen LogP contribution in [0, 0.1) is 5.82 Å². The van der Waals surface area contributed by atoms with Crippen LogP contribution in [0.3, 0.4) is 0 Å². The number of carbonyl (C=O) groups excluding carboxylic acids is 1. The zero-order chi connectivity index (χ0) is 15.4. The molecule has 7 heteroatoms. The van der Waals surface area contributed by atoms with Crippen molar-refractivity contribution in [3.63, 3.8) is 0 Å². The highest BCUT2D eigenvalue weighted by Crippen LogP contribution is 2.19. The molecule has 1 heterocycles. The summed E-state index contributed by atoms with van der Waals surface area (Å²) >= 11 is 0. The zero-order valence-electron chi connectivity index (χ0n) is 11.1. The summed E-state index contributed by atoms with van der Waals surface area (Å²) in [5.41, 5.74) is 0.402. The molecule has 1 aromatic heterocycles. The van der Waals surface area contributed by atoms with Crippen molar-refractivity contribution in [1.29, 1.82) is 0 Å². The van der Waals surface area contributed by atoms with Crippen LogP contribution in [0.5, 0.6) is 0 Å². The summed E-state index contributed by atoms with van der Waals surface area (Å²) in [4.78, 5) is 22.3. The summed E-state index contributed by atoms with van der Waals surface area (Å²) in [6.45, 7) is 0.142. The van der Waals surface area contributed by atoms with Crippen LogP contribution < -0.4 is 5.32 Å². The number of esters is 1. The van der Waals surface area contributed by atoms with Crippen molar-refractivity contribution in [2.24, 2.45) is 0 Å². The summed E-state index contributed by atoms with van der Waals surface area (Å²) in [5.74, 6) is -2.22. The SMILES string of the molecule is COC(=O)c1cc(F)ccc1NCc1ccc(C(=O)O)o1. The molecule has 0 fully saturated rings. The molecule has 0 spiro atoms. The lowest BCUT2D eigenvalue weighted by Gasteiger charge is -2.09. The molecule has 0 saturated heterocycles. The lowest BCUT2D eigenvalue weighted by molar-refractivity contribution is 0.0600. The van der Waals surface area contributed by atoms with E-state index >= 15 is 0 Å². The van der Waals surface area contributed by atoms with E-state index in [9.17, 15) is 14.0 Å². The largest absolute Gasteiger partial charge is 0.475 e. The molecule has 21 heavy (non-hydrogen) atoms.